The van der Waals surface area contributed by atoms with Gasteiger partial charge in [0.2, 0.25) is 0 Å². The molecule has 0 amide bonds. The summed E-state index contributed by atoms with van der Waals surface area (Å²) in [6, 6.07) is 1.88. The summed E-state index contributed by atoms with van der Waals surface area (Å²) in [6.45, 7) is 6.31. The molecule has 0 aromatic carbocycles. The molecule has 1 aromatic heterocycles. The maximum atomic E-state index is 5.32. The quantitative estimate of drug-likeness (QED) is 0.349. The number of nitrogens with two attached hydrogens (primary N) is 1. The smallest absolute Gasteiger partial charge is 0.144 e. The van der Waals surface area contributed by atoms with E-state index in [4.69, 9.17) is 5.84 Å². The van der Waals surface area contributed by atoms with Gasteiger partial charge < -0.3 is 5.43 Å². The van der Waals surface area contributed by atoms with Crippen LogP contribution >= 0.6 is 11.8 Å². The van der Waals surface area contributed by atoms with Crippen LogP contribution in [0.2, 0.25) is 0 Å². The highest BCUT2D eigenvalue weighted by molar-refractivity contribution is 7.99. The topological polar surface area (TPSA) is 63.8 Å². The van der Waals surface area contributed by atoms with Crippen LogP contribution in [0.15, 0.2) is 11.1 Å². The average Bonchev–Trinajstić information content (AvgIpc) is 2.25. The molecule has 0 saturated carbocycles. The number of hydrazine groups is 1. The first-order valence-electron chi connectivity index (χ1n) is 5.10. The lowest BCUT2D eigenvalue weighted by Crippen LogP contribution is -2.10. The molecule has 84 valence electrons. The average molecular weight is 226 g/mol. The number of anilines is 1. The second-order valence-electron chi connectivity index (χ2n) is 3.61. The Morgan fingerprint density at radius 1 is 1.53 bits per heavy atom. The zero-order valence-corrected chi connectivity index (χ0v) is 10.3. The van der Waals surface area contributed by atoms with E-state index >= 15 is 0 Å². The van der Waals surface area contributed by atoms with Gasteiger partial charge in [-0.25, -0.2) is 15.8 Å². The van der Waals surface area contributed by atoms with Gasteiger partial charge in [0.05, 0.1) is 0 Å². The second kappa shape index (κ2) is 5.92. The molecule has 0 saturated heterocycles. The lowest BCUT2D eigenvalue weighted by molar-refractivity contribution is 0.636. The Bertz CT molecular complexity index is 316. The van der Waals surface area contributed by atoms with Gasteiger partial charge >= 0.3 is 0 Å². The molecule has 1 unspecified atom stereocenters. The zero-order valence-electron chi connectivity index (χ0n) is 9.45. The summed E-state index contributed by atoms with van der Waals surface area (Å²) in [5.41, 5.74) is 2.55. The summed E-state index contributed by atoms with van der Waals surface area (Å²) in [5, 5.41) is 0.982. The molecule has 0 aliphatic heterocycles. The van der Waals surface area contributed by atoms with Gasteiger partial charge in [0.25, 0.3) is 0 Å². The fourth-order valence-corrected chi connectivity index (χ4v) is 2.12. The number of aryl methyl sites for hydroxylation is 1. The monoisotopic (exact) mass is 226 g/mol. The molecule has 1 aromatic rings. The number of aromatic nitrogens is 2. The molecule has 0 spiro atoms. The third-order valence-corrected chi connectivity index (χ3v) is 3.42. The van der Waals surface area contributed by atoms with E-state index in [0.29, 0.717) is 11.7 Å². The summed E-state index contributed by atoms with van der Waals surface area (Å²) >= 11 is 1.75. The molecule has 0 aliphatic carbocycles. The minimum Gasteiger partial charge on any atom is -0.308 e. The molecule has 3 N–H and O–H groups in total. The lowest BCUT2D eigenvalue weighted by Gasteiger charge is -2.08. The van der Waals surface area contributed by atoms with Gasteiger partial charge in [0, 0.05) is 11.8 Å². The van der Waals surface area contributed by atoms with Crippen molar-refractivity contribution in [2.75, 3.05) is 11.2 Å². The van der Waals surface area contributed by atoms with E-state index < -0.39 is 0 Å². The lowest BCUT2D eigenvalue weighted by atomic mass is 10.2. The van der Waals surface area contributed by atoms with Crippen LogP contribution in [0.1, 0.15) is 26.1 Å². The van der Waals surface area contributed by atoms with Gasteiger partial charge in [0.1, 0.15) is 16.7 Å². The van der Waals surface area contributed by atoms with Gasteiger partial charge in [-0.15, -0.1) is 11.8 Å². The highest BCUT2D eigenvalue weighted by atomic mass is 32.2. The van der Waals surface area contributed by atoms with Crippen molar-refractivity contribution in [2.45, 2.75) is 32.2 Å². The molecule has 1 atom stereocenters. The Morgan fingerprint density at radius 2 is 2.27 bits per heavy atom. The molecule has 0 radical (unpaired) electrons. The van der Waals surface area contributed by atoms with Crippen molar-refractivity contribution in [2.24, 2.45) is 11.8 Å². The van der Waals surface area contributed by atoms with E-state index in [9.17, 15) is 0 Å². The Morgan fingerprint density at radius 3 is 2.87 bits per heavy atom. The fraction of sp³-hybridized carbons (Fsp3) is 0.600. The molecular formula is C10H18N4S. The van der Waals surface area contributed by atoms with Crippen LogP contribution in [0, 0.1) is 12.8 Å². The zero-order chi connectivity index (χ0) is 11.3. The fourth-order valence-electron chi connectivity index (χ4n) is 1.03. The summed E-state index contributed by atoms with van der Waals surface area (Å²) in [5.74, 6) is 8.53. The number of nitrogen functional groups attached to an aromatic ring is 1. The van der Waals surface area contributed by atoms with Crippen molar-refractivity contribution in [3.05, 3.63) is 11.9 Å². The Hall–Kier alpha value is -0.810. The van der Waals surface area contributed by atoms with Crippen molar-refractivity contribution in [1.29, 1.82) is 0 Å². The van der Waals surface area contributed by atoms with Crippen LogP contribution in [0.5, 0.6) is 0 Å². The summed E-state index contributed by atoms with van der Waals surface area (Å²) < 4.78 is 0. The van der Waals surface area contributed by atoms with Crippen molar-refractivity contribution in [3.63, 3.8) is 0 Å². The van der Waals surface area contributed by atoms with E-state index in [-0.39, 0.29) is 0 Å². The highest BCUT2D eigenvalue weighted by Gasteiger charge is 2.04. The van der Waals surface area contributed by atoms with Crippen LogP contribution < -0.4 is 11.3 Å². The van der Waals surface area contributed by atoms with Crippen LogP contribution in [-0.2, 0) is 0 Å². The molecule has 0 aliphatic rings. The standard InChI is InChI=1S/C10H18N4S/c1-4-7(2)6-15-10-5-9(14-11)12-8(3)13-10/h5,7H,4,6,11H2,1-3H3,(H,12,13,14). The summed E-state index contributed by atoms with van der Waals surface area (Å²) in [6.07, 6.45) is 1.19. The largest absolute Gasteiger partial charge is 0.308 e. The van der Waals surface area contributed by atoms with Crippen LogP contribution in [0.3, 0.4) is 0 Å². The van der Waals surface area contributed by atoms with E-state index in [2.05, 4.69) is 29.2 Å². The van der Waals surface area contributed by atoms with Gasteiger partial charge in [0.15, 0.2) is 0 Å². The predicted octanol–water partition coefficient (Wildman–Crippen LogP) is 2.21. The van der Waals surface area contributed by atoms with Crippen molar-refractivity contribution in [3.8, 4) is 0 Å². The molecular weight excluding hydrogens is 208 g/mol. The first-order valence-corrected chi connectivity index (χ1v) is 6.09. The number of hydrogen-bond donors (Lipinski definition) is 2. The van der Waals surface area contributed by atoms with Gasteiger partial charge in [-0.3, -0.25) is 0 Å². The molecule has 4 nitrogen and oxygen atoms in total. The van der Waals surface area contributed by atoms with Crippen LogP contribution in [0.4, 0.5) is 5.82 Å². The number of thioether (sulfide) groups is 1. The molecule has 0 fully saturated rings. The maximum absolute atomic E-state index is 5.32. The summed E-state index contributed by atoms with van der Waals surface area (Å²) in [7, 11) is 0. The first kappa shape index (κ1) is 12.3. The van der Waals surface area contributed by atoms with Gasteiger partial charge in [-0.2, -0.15) is 0 Å². The molecule has 1 heterocycles. The molecule has 0 bridgehead atoms. The number of nitrogens with zero attached hydrogens (tertiary/aromatic N) is 2. The van der Waals surface area contributed by atoms with E-state index in [1.807, 2.05) is 13.0 Å². The van der Waals surface area contributed by atoms with Crippen molar-refractivity contribution < 1.29 is 0 Å². The van der Waals surface area contributed by atoms with Crippen LogP contribution in [-0.4, -0.2) is 15.7 Å². The molecule has 5 heteroatoms. The summed E-state index contributed by atoms with van der Waals surface area (Å²) in [4.78, 5) is 8.48. The van der Waals surface area contributed by atoms with Gasteiger partial charge in [-0.05, 0) is 12.8 Å². The first-order chi connectivity index (χ1) is 7.15. The minimum absolute atomic E-state index is 0.675. The number of nitrogens with one attached hydrogen (secondary N) is 1. The Balaban J connectivity index is 2.64. The SMILES string of the molecule is CCC(C)CSc1cc(NN)nc(C)n1. The van der Waals surface area contributed by atoms with E-state index in [1.165, 1.54) is 6.42 Å². The predicted molar refractivity (Wildman–Crippen MR) is 64.8 cm³/mol. The van der Waals surface area contributed by atoms with Crippen molar-refractivity contribution >= 4 is 17.6 Å². The van der Waals surface area contributed by atoms with E-state index in [0.717, 1.165) is 16.6 Å². The Labute approximate surface area is 95.0 Å². The number of hydrogen-bond acceptors (Lipinski definition) is 5. The van der Waals surface area contributed by atoms with E-state index in [1.54, 1.807) is 11.8 Å². The highest BCUT2D eigenvalue weighted by Crippen LogP contribution is 2.21. The normalized spacial score (nSPS) is 12.5. The van der Waals surface area contributed by atoms with Crippen molar-refractivity contribution in [1.82, 2.24) is 9.97 Å². The maximum Gasteiger partial charge on any atom is 0.144 e. The third kappa shape index (κ3) is 4.05. The molecule has 15 heavy (non-hydrogen) atoms. The van der Waals surface area contributed by atoms with Crippen LogP contribution in [0.25, 0.3) is 0 Å². The third-order valence-electron chi connectivity index (χ3n) is 2.17. The second-order valence-corrected chi connectivity index (χ2v) is 4.65. The van der Waals surface area contributed by atoms with Gasteiger partial charge in [-0.1, -0.05) is 20.3 Å². The number of rotatable bonds is 5. The molecule has 1 rings (SSSR count). The minimum atomic E-state index is 0.675. The Kier molecular flexibility index (Phi) is 4.84.